The molecule has 1 atom stereocenters. The van der Waals surface area contributed by atoms with Gasteiger partial charge in [-0.05, 0) is 52.3 Å². The van der Waals surface area contributed by atoms with Crippen molar-refractivity contribution in [2.24, 2.45) is 0 Å². The molecule has 0 heterocycles. The van der Waals surface area contributed by atoms with Gasteiger partial charge in [0.2, 0.25) is 0 Å². The molecule has 2 aromatic rings. The smallest absolute Gasteiger partial charge is 0.162 e. The normalized spacial score (nSPS) is 12.4. The molecule has 0 aromatic heterocycles. The molecule has 2 aromatic carbocycles. The molecule has 0 nitrogen and oxygen atoms in total. The second-order valence-electron chi connectivity index (χ2n) is 3.91. The van der Waals surface area contributed by atoms with Gasteiger partial charge in [0.15, 0.2) is 11.6 Å². The van der Waals surface area contributed by atoms with Crippen molar-refractivity contribution in [3.63, 3.8) is 0 Å². The second-order valence-corrected chi connectivity index (χ2v) is 5.60. The molecule has 94 valence electrons. The van der Waals surface area contributed by atoms with E-state index in [-0.39, 0.29) is 11.8 Å². The van der Waals surface area contributed by atoms with Crippen LogP contribution in [0.2, 0.25) is 0 Å². The van der Waals surface area contributed by atoms with E-state index in [1.807, 2.05) is 24.3 Å². The summed E-state index contributed by atoms with van der Waals surface area (Å²) >= 11 is 8.46. The molecule has 0 N–H and O–H groups in total. The van der Waals surface area contributed by atoms with Crippen LogP contribution >= 0.6 is 34.2 Å². The maximum Gasteiger partial charge on any atom is 0.162 e. The first-order chi connectivity index (χ1) is 8.59. The van der Waals surface area contributed by atoms with Gasteiger partial charge in [-0.1, -0.05) is 30.3 Å². The molecule has 0 amide bonds. The summed E-state index contributed by atoms with van der Waals surface area (Å²) in [5.41, 5.74) is 1.23. The van der Waals surface area contributed by atoms with E-state index in [2.05, 4.69) is 22.6 Å². The minimum Gasteiger partial charge on any atom is -0.204 e. The first kappa shape index (κ1) is 13.7. The molecule has 1 unspecified atom stereocenters. The van der Waals surface area contributed by atoms with E-state index >= 15 is 0 Å². The Morgan fingerprint density at radius 2 is 1.78 bits per heavy atom. The number of rotatable bonds is 3. The van der Waals surface area contributed by atoms with Crippen LogP contribution in [0.1, 0.15) is 16.5 Å². The maximum atomic E-state index is 13.5. The van der Waals surface area contributed by atoms with Gasteiger partial charge in [0.25, 0.3) is 0 Å². The number of alkyl halides is 1. The highest BCUT2D eigenvalue weighted by molar-refractivity contribution is 14.1. The van der Waals surface area contributed by atoms with Gasteiger partial charge in [-0.15, -0.1) is 11.6 Å². The van der Waals surface area contributed by atoms with Crippen LogP contribution in [0.15, 0.2) is 42.5 Å². The van der Waals surface area contributed by atoms with Crippen LogP contribution in [-0.4, -0.2) is 0 Å². The van der Waals surface area contributed by atoms with Crippen LogP contribution < -0.4 is 0 Å². The quantitative estimate of drug-likeness (QED) is 0.515. The number of benzene rings is 2. The van der Waals surface area contributed by atoms with Crippen LogP contribution in [0.25, 0.3) is 0 Å². The number of hydrogen-bond donors (Lipinski definition) is 0. The first-order valence-corrected chi connectivity index (χ1v) is 6.92. The lowest BCUT2D eigenvalue weighted by Crippen LogP contribution is -2.01. The molecule has 0 aliphatic rings. The number of hydrogen-bond acceptors (Lipinski definition) is 0. The highest BCUT2D eigenvalue weighted by Gasteiger charge is 2.15. The van der Waals surface area contributed by atoms with E-state index in [4.69, 9.17) is 11.6 Å². The Kier molecular flexibility index (Phi) is 4.56. The zero-order valence-corrected chi connectivity index (χ0v) is 12.3. The average Bonchev–Trinajstić information content (AvgIpc) is 2.35. The Morgan fingerprint density at radius 1 is 1.06 bits per heavy atom. The van der Waals surface area contributed by atoms with Gasteiger partial charge >= 0.3 is 0 Å². The van der Waals surface area contributed by atoms with Crippen molar-refractivity contribution >= 4 is 34.2 Å². The van der Waals surface area contributed by atoms with E-state index in [1.165, 1.54) is 6.07 Å². The van der Waals surface area contributed by atoms with Crippen LogP contribution in [0.3, 0.4) is 0 Å². The molecule has 0 fully saturated rings. The Hall–Kier alpha value is -0.680. The predicted octanol–water partition coefficient (Wildman–Crippen LogP) is 5.09. The molecule has 0 radical (unpaired) electrons. The summed E-state index contributed by atoms with van der Waals surface area (Å²) in [6.45, 7) is 0. The van der Waals surface area contributed by atoms with Crippen molar-refractivity contribution in [1.82, 2.24) is 0 Å². The third-order valence-corrected chi connectivity index (χ3v) is 4.05. The fourth-order valence-corrected chi connectivity index (χ4v) is 3.04. The standard InChI is InChI=1S/C14H10ClF2I/c15-11(10-5-1-2-7-13(10)18)8-9-4-3-6-12(16)14(9)17/h1-7,11H,8H2. The molecule has 0 aliphatic heterocycles. The van der Waals surface area contributed by atoms with Crippen molar-refractivity contribution in [3.05, 3.63) is 68.8 Å². The molecule has 0 aliphatic carbocycles. The topological polar surface area (TPSA) is 0 Å². The molecule has 0 saturated heterocycles. The summed E-state index contributed by atoms with van der Waals surface area (Å²) in [6.07, 6.45) is 0.269. The molecule has 0 bridgehead atoms. The van der Waals surface area contributed by atoms with Gasteiger partial charge in [-0.3, -0.25) is 0 Å². The zero-order valence-electron chi connectivity index (χ0n) is 9.34. The van der Waals surface area contributed by atoms with Gasteiger partial charge < -0.3 is 0 Å². The van der Waals surface area contributed by atoms with Gasteiger partial charge in [0.05, 0.1) is 5.38 Å². The van der Waals surface area contributed by atoms with E-state index in [9.17, 15) is 8.78 Å². The maximum absolute atomic E-state index is 13.5. The van der Waals surface area contributed by atoms with Crippen LogP contribution in [0.4, 0.5) is 8.78 Å². The lowest BCUT2D eigenvalue weighted by atomic mass is 10.0. The van der Waals surface area contributed by atoms with Gasteiger partial charge in [0.1, 0.15) is 0 Å². The van der Waals surface area contributed by atoms with Gasteiger partial charge in [-0.25, -0.2) is 8.78 Å². The molecule has 2 rings (SSSR count). The average molecular weight is 379 g/mol. The number of halogens is 4. The minimum atomic E-state index is -0.834. The summed E-state index contributed by atoms with van der Waals surface area (Å²) in [6, 6.07) is 11.8. The van der Waals surface area contributed by atoms with Crippen molar-refractivity contribution in [2.45, 2.75) is 11.8 Å². The minimum absolute atomic E-state index is 0.269. The van der Waals surface area contributed by atoms with Crippen molar-refractivity contribution < 1.29 is 8.78 Å². The molecule has 18 heavy (non-hydrogen) atoms. The lowest BCUT2D eigenvalue weighted by molar-refractivity contribution is 0.498. The van der Waals surface area contributed by atoms with E-state index in [1.54, 1.807) is 6.07 Å². The van der Waals surface area contributed by atoms with E-state index in [0.717, 1.165) is 15.2 Å². The summed E-state index contributed by atoms with van der Waals surface area (Å²) in [5, 5.41) is -0.366. The molecule has 0 spiro atoms. The van der Waals surface area contributed by atoms with E-state index in [0.29, 0.717) is 5.56 Å². The van der Waals surface area contributed by atoms with E-state index < -0.39 is 11.6 Å². The van der Waals surface area contributed by atoms with Gasteiger partial charge in [0, 0.05) is 3.57 Å². The predicted molar refractivity (Wildman–Crippen MR) is 77.8 cm³/mol. The van der Waals surface area contributed by atoms with Crippen molar-refractivity contribution in [2.75, 3.05) is 0 Å². The van der Waals surface area contributed by atoms with Gasteiger partial charge in [-0.2, -0.15) is 0 Å². The SMILES string of the molecule is Fc1cccc(CC(Cl)c2ccccc2I)c1F. The first-order valence-electron chi connectivity index (χ1n) is 5.41. The summed E-state index contributed by atoms with van der Waals surface area (Å²) in [5.74, 6) is -1.65. The third kappa shape index (κ3) is 3.01. The summed E-state index contributed by atoms with van der Waals surface area (Å²) in [7, 11) is 0. The fourth-order valence-electron chi connectivity index (χ4n) is 1.74. The molecular weight excluding hydrogens is 369 g/mol. The van der Waals surface area contributed by atoms with Crippen LogP contribution in [0, 0.1) is 15.2 Å². The Balaban J connectivity index is 2.24. The monoisotopic (exact) mass is 378 g/mol. The molecule has 4 heteroatoms. The highest BCUT2D eigenvalue weighted by atomic mass is 127. The van der Waals surface area contributed by atoms with Crippen molar-refractivity contribution in [1.29, 1.82) is 0 Å². The lowest BCUT2D eigenvalue weighted by Gasteiger charge is -2.12. The Morgan fingerprint density at radius 3 is 2.50 bits per heavy atom. The largest absolute Gasteiger partial charge is 0.204 e. The Bertz CT molecular complexity index is 557. The summed E-state index contributed by atoms with van der Waals surface area (Å²) < 4.78 is 27.7. The third-order valence-electron chi connectivity index (χ3n) is 2.67. The fraction of sp³-hybridized carbons (Fsp3) is 0.143. The van der Waals surface area contributed by atoms with Crippen LogP contribution in [-0.2, 0) is 6.42 Å². The summed E-state index contributed by atoms with van der Waals surface area (Å²) in [4.78, 5) is 0. The molecular formula is C14H10ClF2I. The highest BCUT2D eigenvalue weighted by Crippen LogP contribution is 2.29. The van der Waals surface area contributed by atoms with Crippen LogP contribution in [0.5, 0.6) is 0 Å². The zero-order chi connectivity index (χ0) is 13.1. The van der Waals surface area contributed by atoms with Crippen molar-refractivity contribution in [3.8, 4) is 0 Å². The molecule has 0 saturated carbocycles. The second kappa shape index (κ2) is 5.97. The Labute approximate surface area is 123 Å².